The first-order chi connectivity index (χ1) is 13.4. The number of carbonyl (C=O) groups excluding carboxylic acids is 2. The molecule has 28 heavy (non-hydrogen) atoms. The molecule has 0 saturated heterocycles. The number of halogens is 1. The Hall–Kier alpha value is -2.93. The fourth-order valence-electron chi connectivity index (χ4n) is 2.58. The Kier molecular flexibility index (Phi) is 7.52. The van der Waals surface area contributed by atoms with Gasteiger partial charge >= 0.3 is 0 Å². The summed E-state index contributed by atoms with van der Waals surface area (Å²) in [4.78, 5) is 26.0. The van der Waals surface area contributed by atoms with Crippen LogP contribution in [-0.2, 0) is 16.0 Å². The van der Waals surface area contributed by atoms with E-state index in [0.717, 1.165) is 0 Å². The highest BCUT2D eigenvalue weighted by molar-refractivity contribution is 6.30. The van der Waals surface area contributed by atoms with Crippen molar-refractivity contribution >= 4 is 29.1 Å². The van der Waals surface area contributed by atoms with Crippen LogP contribution in [0.1, 0.15) is 5.56 Å². The van der Waals surface area contributed by atoms with Gasteiger partial charge in [-0.05, 0) is 42.0 Å². The van der Waals surface area contributed by atoms with Crippen LogP contribution in [0.5, 0.6) is 17.2 Å². The number of hydrogen-bond donors (Lipinski definition) is 1. The summed E-state index contributed by atoms with van der Waals surface area (Å²) in [6.07, 6.45) is 0.0848. The Morgan fingerprint density at radius 3 is 2.07 bits per heavy atom. The maximum absolute atomic E-state index is 12.5. The molecule has 0 spiro atoms. The largest absolute Gasteiger partial charge is 0.493 e. The molecule has 0 heterocycles. The van der Waals surface area contributed by atoms with Gasteiger partial charge in [0, 0.05) is 17.8 Å². The van der Waals surface area contributed by atoms with E-state index in [1.54, 1.807) is 43.4 Å². The number of rotatable bonds is 8. The molecule has 0 atom stereocenters. The molecule has 0 fully saturated rings. The summed E-state index contributed by atoms with van der Waals surface area (Å²) in [6, 6.07) is 10.2. The normalized spacial score (nSPS) is 10.2. The van der Waals surface area contributed by atoms with Gasteiger partial charge in [0.1, 0.15) is 0 Å². The standard InChI is InChI=1S/C20H23ClN2O5/c1-23(12-18(24)22-15-7-5-14(21)6-8-15)19(25)11-13-9-16(26-2)20(28-4)17(10-13)27-3/h5-10H,11-12H2,1-4H3,(H,22,24). The molecule has 7 nitrogen and oxygen atoms in total. The molecule has 8 heteroatoms. The van der Waals surface area contributed by atoms with E-state index in [1.807, 2.05) is 0 Å². The fraction of sp³-hybridized carbons (Fsp3) is 0.300. The smallest absolute Gasteiger partial charge is 0.243 e. The van der Waals surface area contributed by atoms with Crippen LogP contribution in [0.3, 0.4) is 0 Å². The summed E-state index contributed by atoms with van der Waals surface area (Å²) in [7, 11) is 6.10. The van der Waals surface area contributed by atoms with E-state index < -0.39 is 0 Å². The lowest BCUT2D eigenvalue weighted by atomic mass is 10.1. The molecule has 0 unspecified atom stereocenters. The predicted octanol–water partition coefficient (Wildman–Crippen LogP) is 3.01. The average Bonchev–Trinajstić information content (AvgIpc) is 2.68. The van der Waals surface area contributed by atoms with E-state index in [9.17, 15) is 9.59 Å². The van der Waals surface area contributed by atoms with Crippen LogP contribution in [0.2, 0.25) is 5.02 Å². The van der Waals surface area contributed by atoms with Crippen molar-refractivity contribution in [2.24, 2.45) is 0 Å². The van der Waals surface area contributed by atoms with Gasteiger partial charge in [0.15, 0.2) is 11.5 Å². The molecular formula is C20H23ClN2O5. The Morgan fingerprint density at radius 1 is 1.00 bits per heavy atom. The maximum Gasteiger partial charge on any atom is 0.243 e. The Labute approximate surface area is 169 Å². The lowest BCUT2D eigenvalue weighted by Crippen LogP contribution is -2.35. The first-order valence-electron chi connectivity index (χ1n) is 8.46. The molecule has 0 saturated carbocycles. The van der Waals surface area contributed by atoms with Gasteiger partial charge in [-0.25, -0.2) is 0 Å². The minimum absolute atomic E-state index is 0.0775. The molecule has 0 aliphatic heterocycles. The molecule has 150 valence electrons. The molecule has 0 radical (unpaired) electrons. The van der Waals surface area contributed by atoms with Crippen molar-refractivity contribution in [1.82, 2.24) is 4.90 Å². The number of carbonyl (C=O) groups is 2. The summed E-state index contributed by atoms with van der Waals surface area (Å²) in [5, 5.41) is 3.30. The van der Waals surface area contributed by atoms with Crippen LogP contribution < -0.4 is 19.5 Å². The number of amides is 2. The number of methoxy groups -OCH3 is 3. The van der Waals surface area contributed by atoms with Gasteiger partial charge in [0.05, 0.1) is 34.3 Å². The van der Waals surface area contributed by atoms with Crippen molar-refractivity contribution < 1.29 is 23.8 Å². The van der Waals surface area contributed by atoms with Crippen molar-refractivity contribution in [3.8, 4) is 17.2 Å². The Balaban J connectivity index is 2.01. The molecule has 0 aromatic heterocycles. The highest BCUT2D eigenvalue weighted by Crippen LogP contribution is 2.38. The lowest BCUT2D eigenvalue weighted by Gasteiger charge is -2.18. The number of anilines is 1. The molecule has 0 aliphatic carbocycles. The third kappa shape index (κ3) is 5.53. The summed E-state index contributed by atoms with van der Waals surface area (Å²) >= 11 is 5.82. The summed E-state index contributed by atoms with van der Waals surface area (Å²) in [5.74, 6) is 0.862. The zero-order valence-electron chi connectivity index (χ0n) is 16.2. The SMILES string of the molecule is COc1cc(CC(=O)N(C)CC(=O)Nc2ccc(Cl)cc2)cc(OC)c1OC. The maximum atomic E-state index is 12.5. The number of benzene rings is 2. The number of likely N-dealkylation sites (N-methyl/N-ethyl adjacent to an activating group) is 1. The Bertz CT molecular complexity index is 814. The zero-order chi connectivity index (χ0) is 20.7. The van der Waals surface area contributed by atoms with Crippen molar-refractivity contribution in [2.75, 3.05) is 40.2 Å². The van der Waals surface area contributed by atoms with Crippen molar-refractivity contribution in [2.45, 2.75) is 6.42 Å². The van der Waals surface area contributed by atoms with Gasteiger partial charge in [0.2, 0.25) is 17.6 Å². The van der Waals surface area contributed by atoms with E-state index in [1.165, 1.54) is 26.2 Å². The van der Waals surface area contributed by atoms with Gasteiger partial charge in [-0.1, -0.05) is 11.6 Å². The molecule has 2 amide bonds. The molecule has 2 aromatic rings. The van der Waals surface area contributed by atoms with Gasteiger partial charge in [-0.15, -0.1) is 0 Å². The second kappa shape index (κ2) is 9.85. The van der Waals surface area contributed by atoms with Gasteiger partial charge in [-0.3, -0.25) is 9.59 Å². The van der Waals surface area contributed by atoms with Gasteiger partial charge in [0.25, 0.3) is 0 Å². The second-order valence-corrected chi connectivity index (χ2v) is 6.45. The van der Waals surface area contributed by atoms with Crippen LogP contribution in [0.15, 0.2) is 36.4 Å². The van der Waals surface area contributed by atoms with Crippen LogP contribution in [0.25, 0.3) is 0 Å². The average molecular weight is 407 g/mol. The van der Waals surface area contributed by atoms with Crippen LogP contribution in [0, 0.1) is 0 Å². The van der Waals surface area contributed by atoms with E-state index in [-0.39, 0.29) is 24.8 Å². The quantitative estimate of drug-likeness (QED) is 0.729. The summed E-state index contributed by atoms with van der Waals surface area (Å²) in [5.41, 5.74) is 1.30. The molecule has 2 rings (SSSR count). The van der Waals surface area contributed by atoms with Crippen molar-refractivity contribution in [1.29, 1.82) is 0 Å². The van der Waals surface area contributed by atoms with Crippen molar-refractivity contribution in [3.63, 3.8) is 0 Å². The number of nitrogens with zero attached hydrogens (tertiary/aromatic N) is 1. The van der Waals surface area contributed by atoms with Crippen LogP contribution >= 0.6 is 11.6 Å². The predicted molar refractivity (Wildman–Crippen MR) is 108 cm³/mol. The highest BCUT2D eigenvalue weighted by Gasteiger charge is 2.18. The van der Waals surface area contributed by atoms with E-state index in [2.05, 4.69) is 5.32 Å². The second-order valence-electron chi connectivity index (χ2n) is 6.02. The van der Waals surface area contributed by atoms with E-state index in [4.69, 9.17) is 25.8 Å². The monoisotopic (exact) mass is 406 g/mol. The molecular weight excluding hydrogens is 384 g/mol. The van der Waals surface area contributed by atoms with Crippen LogP contribution in [-0.4, -0.2) is 51.6 Å². The number of hydrogen-bond acceptors (Lipinski definition) is 5. The van der Waals surface area contributed by atoms with Crippen LogP contribution in [0.4, 0.5) is 5.69 Å². The first kappa shape index (κ1) is 21.4. The summed E-state index contributed by atoms with van der Waals surface area (Å²) < 4.78 is 15.9. The molecule has 2 aromatic carbocycles. The van der Waals surface area contributed by atoms with Crippen molar-refractivity contribution in [3.05, 3.63) is 47.0 Å². The third-order valence-electron chi connectivity index (χ3n) is 4.01. The summed E-state index contributed by atoms with van der Waals surface area (Å²) in [6.45, 7) is -0.0775. The van der Waals surface area contributed by atoms with E-state index in [0.29, 0.717) is 33.5 Å². The zero-order valence-corrected chi connectivity index (χ0v) is 17.0. The number of nitrogens with one attached hydrogen (secondary N) is 1. The number of ether oxygens (including phenoxy) is 3. The van der Waals surface area contributed by atoms with Gasteiger partial charge in [-0.2, -0.15) is 0 Å². The fourth-order valence-corrected chi connectivity index (χ4v) is 2.71. The van der Waals surface area contributed by atoms with E-state index >= 15 is 0 Å². The Morgan fingerprint density at radius 2 is 1.57 bits per heavy atom. The highest BCUT2D eigenvalue weighted by atomic mass is 35.5. The minimum Gasteiger partial charge on any atom is -0.493 e. The topological polar surface area (TPSA) is 77.1 Å². The molecule has 0 aliphatic rings. The third-order valence-corrected chi connectivity index (χ3v) is 4.27. The molecule has 1 N–H and O–H groups in total. The first-order valence-corrected chi connectivity index (χ1v) is 8.84. The lowest BCUT2D eigenvalue weighted by molar-refractivity contribution is -0.132. The minimum atomic E-state index is -0.303. The van der Waals surface area contributed by atoms with Gasteiger partial charge < -0.3 is 24.4 Å². The molecule has 0 bridgehead atoms.